The van der Waals surface area contributed by atoms with Gasteiger partial charge >= 0.3 is 0 Å². The molecule has 0 saturated heterocycles. The van der Waals surface area contributed by atoms with Crippen molar-refractivity contribution in [1.82, 2.24) is 9.97 Å². The first-order valence-electron chi connectivity index (χ1n) is 4.15. The molecule has 0 aliphatic rings. The summed E-state index contributed by atoms with van der Waals surface area (Å²) in [4.78, 5) is 7.85. The average Bonchev–Trinajstić information content (AvgIpc) is 2.01. The zero-order valence-electron chi connectivity index (χ0n) is 8.35. The summed E-state index contributed by atoms with van der Waals surface area (Å²) in [6, 6.07) is 0. The predicted octanol–water partition coefficient (Wildman–Crippen LogP) is 0.586. The van der Waals surface area contributed by atoms with Crippen LogP contribution in [0.15, 0.2) is 11.1 Å². The van der Waals surface area contributed by atoms with Gasteiger partial charge < -0.3 is 5.73 Å². The first-order valence-corrected chi connectivity index (χ1v) is 6.04. The maximum atomic E-state index is 11.2. The van der Waals surface area contributed by atoms with Gasteiger partial charge in [0.2, 0.25) is 0 Å². The average molecular weight is 215 g/mol. The Hall–Kier alpha value is -1.17. The van der Waals surface area contributed by atoms with E-state index >= 15 is 0 Å². The Bertz CT molecular complexity index is 440. The Kier molecular flexibility index (Phi) is 2.75. The third-order valence-electron chi connectivity index (χ3n) is 1.72. The first kappa shape index (κ1) is 10.9. The molecule has 0 radical (unpaired) electrons. The van der Waals surface area contributed by atoms with Crippen molar-refractivity contribution in [1.29, 1.82) is 0 Å². The van der Waals surface area contributed by atoms with E-state index in [4.69, 9.17) is 5.73 Å². The fourth-order valence-electron chi connectivity index (χ4n) is 0.962. The van der Waals surface area contributed by atoms with Crippen LogP contribution in [0.2, 0.25) is 0 Å². The van der Waals surface area contributed by atoms with E-state index in [1.807, 2.05) is 13.8 Å². The molecule has 1 aromatic heterocycles. The lowest BCUT2D eigenvalue weighted by Gasteiger charge is -2.06. The maximum absolute atomic E-state index is 11.2. The van der Waals surface area contributed by atoms with E-state index in [0.717, 1.165) is 6.26 Å². The SMILES string of the molecule is CC(C)c1ncc(S(C)(=O)=O)c(N)n1. The lowest BCUT2D eigenvalue weighted by Crippen LogP contribution is -2.08. The molecule has 0 aliphatic carbocycles. The molecule has 0 spiro atoms. The van der Waals surface area contributed by atoms with E-state index in [9.17, 15) is 8.42 Å². The van der Waals surface area contributed by atoms with Crippen LogP contribution in [0.5, 0.6) is 0 Å². The minimum atomic E-state index is -3.33. The Morgan fingerprint density at radius 2 is 2.00 bits per heavy atom. The van der Waals surface area contributed by atoms with Crippen LogP contribution in [0.4, 0.5) is 5.82 Å². The Labute approximate surface area is 83.3 Å². The van der Waals surface area contributed by atoms with Crippen LogP contribution in [0.1, 0.15) is 25.6 Å². The van der Waals surface area contributed by atoms with E-state index in [2.05, 4.69) is 9.97 Å². The number of nitrogens with two attached hydrogens (primary N) is 1. The normalized spacial score (nSPS) is 12.0. The molecule has 6 heteroatoms. The molecule has 1 aromatic rings. The maximum Gasteiger partial charge on any atom is 0.180 e. The van der Waals surface area contributed by atoms with Crippen LogP contribution in [0, 0.1) is 0 Å². The van der Waals surface area contributed by atoms with Crippen molar-refractivity contribution in [2.45, 2.75) is 24.7 Å². The molecule has 0 fully saturated rings. The summed E-state index contributed by atoms with van der Waals surface area (Å²) < 4.78 is 22.3. The number of rotatable bonds is 2. The van der Waals surface area contributed by atoms with Gasteiger partial charge in [0, 0.05) is 12.2 Å². The molecule has 0 atom stereocenters. The zero-order valence-corrected chi connectivity index (χ0v) is 9.17. The molecule has 1 rings (SSSR count). The highest BCUT2D eigenvalue weighted by atomic mass is 32.2. The van der Waals surface area contributed by atoms with Gasteiger partial charge in [0.05, 0.1) is 6.20 Å². The van der Waals surface area contributed by atoms with Crippen LogP contribution >= 0.6 is 0 Å². The lowest BCUT2D eigenvalue weighted by molar-refractivity contribution is 0.601. The summed E-state index contributed by atoms with van der Waals surface area (Å²) >= 11 is 0. The Morgan fingerprint density at radius 1 is 1.43 bits per heavy atom. The second-order valence-corrected chi connectivity index (χ2v) is 5.39. The summed E-state index contributed by atoms with van der Waals surface area (Å²) in [5.74, 6) is 0.701. The molecule has 0 unspecified atom stereocenters. The van der Waals surface area contributed by atoms with Crippen LogP contribution in [0.25, 0.3) is 0 Å². The van der Waals surface area contributed by atoms with Crippen molar-refractivity contribution in [3.8, 4) is 0 Å². The molecule has 0 amide bonds. The molecular formula is C8H13N3O2S. The minimum absolute atomic E-state index is 0.0121. The van der Waals surface area contributed by atoms with Crippen LogP contribution < -0.4 is 5.73 Å². The van der Waals surface area contributed by atoms with Gasteiger partial charge in [-0.3, -0.25) is 0 Å². The molecule has 14 heavy (non-hydrogen) atoms. The van der Waals surface area contributed by atoms with Crippen LogP contribution in [-0.4, -0.2) is 24.6 Å². The predicted molar refractivity (Wildman–Crippen MR) is 53.6 cm³/mol. The van der Waals surface area contributed by atoms with Crippen molar-refractivity contribution >= 4 is 15.7 Å². The molecule has 0 aliphatic heterocycles. The number of anilines is 1. The third-order valence-corrected chi connectivity index (χ3v) is 2.83. The number of sulfone groups is 1. The zero-order chi connectivity index (χ0) is 10.9. The number of hydrogen-bond donors (Lipinski definition) is 1. The van der Waals surface area contributed by atoms with Crippen molar-refractivity contribution < 1.29 is 8.42 Å². The van der Waals surface area contributed by atoms with Gasteiger partial charge in [0.1, 0.15) is 16.5 Å². The van der Waals surface area contributed by atoms with Crippen LogP contribution in [-0.2, 0) is 9.84 Å². The fourth-order valence-corrected chi connectivity index (χ4v) is 1.63. The van der Waals surface area contributed by atoms with Gasteiger partial charge in [-0.05, 0) is 0 Å². The molecule has 0 aromatic carbocycles. The number of nitrogens with zero attached hydrogens (tertiary/aromatic N) is 2. The quantitative estimate of drug-likeness (QED) is 0.780. The van der Waals surface area contributed by atoms with Gasteiger partial charge in [-0.25, -0.2) is 18.4 Å². The second-order valence-electron chi connectivity index (χ2n) is 3.40. The summed E-state index contributed by atoms with van der Waals surface area (Å²) in [5, 5.41) is 0. The molecule has 5 nitrogen and oxygen atoms in total. The summed E-state index contributed by atoms with van der Waals surface area (Å²) in [5.41, 5.74) is 5.52. The minimum Gasteiger partial charge on any atom is -0.383 e. The van der Waals surface area contributed by atoms with E-state index in [1.165, 1.54) is 6.20 Å². The lowest BCUT2D eigenvalue weighted by atomic mass is 10.2. The highest BCUT2D eigenvalue weighted by Gasteiger charge is 2.14. The van der Waals surface area contributed by atoms with Crippen LogP contribution in [0.3, 0.4) is 0 Å². The molecule has 2 N–H and O–H groups in total. The van der Waals surface area contributed by atoms with E-state index < -0.39 is 9.84 Å². The van der Waals surface area contributed by atoms with Gasteiger partial charge in [-0.15, -0.1) is 0 Å². The standard InChI is InChI=1S/C8H13N3O2S/c1-5(2)8-10-4-6(7(9)11-8)14(3,12)13/h4-5H,1-3H3,(H2,9,10,11). The van der Waals surface area contributed by atoms with E-state index in [1.54, 1.807) is 0 Å². The first-order chi connectivity index (χ1) is 6.32. The fraction of sp³-hybridized carbons (Fsp3) is 0.500. The van der Waals surface area contributed by atoms with E-state index in [-0.39, 0.29) is 16.6 Å². The molecule has 0 saturated carbocycles. The number of aromatic nitrogens is 2. The molecule has 78 valence electrons. The number of nitrogen functional groups attached to an aromatic ring is 1. The largest absolute Gasteiger partial charge is 0.383 e. The summed E-state index contributed by atoms with van der Waals surface area (Å²) in [6.07, 6.45) is 2.34. The summed E-state index contributed by atoms with van der Waals surface area (Å²) in [6.45, 7) is 3.82. The highest BCUT2D eigenvalue weighted by molar-refractivity contribution is 7.90. The second kappa shape index (κ2) is 3.53. The van der Waals surface area contributed by atoms with Crippen molar-refractivity contribution in [2.24, 2.45) is 0 Å². The number of hydrogen-bond acceptors (Lipinski definition) is 5. The van der Waals surface area contributed by atoms with Gasteiger partial charge in [-0.1, -0.05) is 13.8 Å². The van der Waals surface area contributed by atoms with Crippen molar-refractivity contribution in [2.75, 3.05) is 12.0 Å². The Morgan fingerprint density at radius 3 is 2.36 bits per heavy atom. The van der Waals surface area contributed by atoms with Gasteiger partial charge in [-0.2, -0.15) is 0 Å². The topological polar surface area (TPSA) is 85.9 Å². The van der Waals surface area contributed by atoms with Crippen molar-refractivity contribution in [3.63, 3.8) is 0 Å². The molecule has 1 heterocycles. The monoisotopic (exact) mass is 215 g/mol. The van der Waals surface area contributed by atoms with E-state index in [0.29, 0.717) is 5.82 Å². The van der Waals surface area contributed by atoms with Gasteiger partial charge in [0.15, 0.2) is 9.84 Å². The molecular weight excluding hydrogens is 202 g/mol. The van der Waals surface area contributed by atoms with Crippen molar-refractivity contribution in [3.05, 3.63) is 12.0 Å². The van der Waals surface area contributed by atoms with Gasteiger partial charge in [0.25, 0.3) is 0 Å². The summed E-state index contributed by atoms with van der Waals surface area (Å²) in [7, 11) is -3.33. The smallest absolute Gasteiger partial charge is 0.180 e. The highest BCUT2D eigenvalue weighted by Crippen LogP contribution is 2.17. The molecule has 0 bridgehead atoms. The Balaban J connectivity index is 3.28. The third kappa shape index (κ3) is 2.20.